The molecule has 0 aliphatic heterocycles. The number of hydrogen-bond donors (Lipinski definition) is 2. The molecule has 1 fully saturated rings. The molecular weight excluding hydrogens is 268 g/mol. The molecule has 1 aliphatic rings. The van der Waals surface area contributed by atoms with Gasteiger partial charge in [0.05, 0.1) is 12.1 Å². The van der Waals surface area contributed by atoms with E-state index < -0.39 is 6.04 Å². The van der Waals surface area contributed by atoms with Crippen LogP contribution in [0.3, 0.4) is 0 Å². The van der Waals surface area contributed by atoms with E-state index in [1.807, 2.05) is 6.92 Å². The number of rotatable bonds is 6. The van der Waals surface area contributed by atoms with Crippen molar-refractivity contribution in [2.75, 3.05) is 0 Å². The third-order valence-electron chi connectivity index (χ3n) is 4.58. The van der Waals surface area contributed by atoms with Crippen LogP contribution in [0, 0.1) is 11.8 Å². The third-order valence-corrected chi connectivity index (χ3v) is 5.53. The van der Waals surface area contributed by atoms with Gasteiger partial charge in [-0.3, -0.25) is 4.79 Å². The Kier molecular flexibility index (Phi) is 5.61. The summed E-state index contributed by atoms with van der Waals surface area (Å²) in [6.45, 7) is 4.12. The standard InChI is InChI=1S/C16H26N2OS/c1-3-11(2)14(17)16(19)18-15(12-7-4-5-8-12)13-9-6-10-20-13/h6,9-12,14-15H,3-5,7-8,17H2,1-2H3,(H,18,19)/t11-,14-,15?/m0/s1. The molecular formula is C16H26N2OS. The molecule has 1 aromatic rings. The van der Waals surface area contributed by atoms with Gasteiger partial charge in [0, 0.05) is 4.88 Å². The maximum Gasteiger partial charge on any atom is 0.237 e. The maximum atomic E-state index is 12.4. The average molecular weight is 294 g/mol. The van der Waals surface area contributed by atoms with Crippen molar-refractivity contribution >= 4 is 17.2 Å². The summed E-state index contributed by atoms with van der Waals surface area (Å²) in [4.78, 5) is 13.6. The summed E-state index contributed by atoms with van der Waals surface area (Å²) < 4.78 is 0. The fraction of sp³-hybridized carbons (Fsp3) is 0.688. The van der Waals surface area contributed by atoms with Crippen LogP contribution in [0.1, 0.15) is 56.9 Å². The molecule has 1 amide bonds. The molecule has 0 saturated heterocycles. The van der Waals surface area contributed by atoms with E-state index in [1.165, 1.54) is 30.6 Å². The zero-order chi connectivity index (χ0) is 14.5. The molecule has 0 bridgehead atoms. The van der Waals surface area contributed by atoms with Crippen molar-refractivity contribution in [3.8, 4) is 0 Å². The molecule has 112 valence electrons. The first kappa shape index (κ1) is 15.5. The van der Waals surface area contributed by atoms with E-state index in [-0.39, 0.29) is 17.9 Å². The highest BCUT2D eigenvalue weighted by molar-refractivity contribution is 7.10. The summed E-state index contributed by atoms with van der Waals surface area (Å²) in [7, 11) is 0. The van der Waals surface area contributed by atoms with Crippen molar-refractivity contribution in [3.63, 3.8) is 0 Å². The second-order valence-electron chi connectivity index (χ2n) is 5.96. The lowest BCUT2D eigenvalue weighted by Gasteiger charge is -2.27. The van der Waals surface area contributed by atoms with Gasteiger partial charge in [0.2, 0.25) is 5.91 Å². The summed E-state index contributed by atoms with van der Waals surface area (Å²) >= 11 is 1.73. The summed E-state index contributed by atoms with van der Waals surface area (Å²) in [5.74, 6) is 0.800. The van der Waals surface area contributed by atoms with E-state index in [1.54, 1.807) is 11.3 Å². The molecule has 1 heterocycles. The average Bonchev–Trinajstić information content (AvgIpc) is 3.15. The van der Waals surface area contributed by atoms with Crippen LogP contribution < -0.4 is 11.1 Å². The second kappa shape index (κ2) is 7.23. The van der Waals surface area contributed by atoms with Gasteiger partial charge < -0.3 is 11.1 Å². The predicted molar refractivity (Wildman–Crippen MR) is 84.6 cm³/mol. The molecule has 3 nitrogen and oxygen atoms in total. The van der Waals surface area contributed by atoms with E-state index >= 15 is 0 Å². The van der Waals surface area contributed by atoms with E-state index in [0.717, 1.165) is 6.42 Å². The Morgan fingerprint density at radius 2 is 2.20 bits per heavy atom. The largest absolute Gasteiger partial charge is 0.347 e. The fourth-order valence-corrected chi connectivity index (χ4v) is 3.81. The molecule has 2 rings (SSSR count). The summed E-state index contributed by atoms with van der Waals surface area (Å²) in [6, 6.07) is 3.94. The number of carbonyl (C=O) groups excluding carboxylic acids is 1. The molecule has 1 unspecified atom stereocenters. The lowest BCUT2D eigenvalue weighted by molar-refractivity contribution is -0.124. The van der Waals surface area contributed by atoms with E-state index in [2.05, 4.69) is 29.8 Å². The first-order valence-corrected chi connectivity index (χ1v) is 8.60. The summed E-state index contributed by atoms with van der Waals surface area (Å²) in [5, 5.41) is 5.30. The number of amides is 1. The van der Waals surface area contributed by atoms with E-state index in [0.29, 0.717) is 5.92 Å². The molecule has 1 aliphatic carbocycles. The van der Waals surface area contributed by atoms with Gasteiger partial charge in [-0.1, -0.05) is 39.2 Å². The molecule has 1 saturated carbocycles. The molecule has 3 atom stereocenters. The van der Waals surface area contributed by atoms with Gasteiger partial charge in [0.15, 0.2) is 0 Å². The van der Waals surface area contributed by atoms with Gasteiger partial charge in [-0.25, -0.2) is 0 Å². The van der Waals surface area contributed by atoms with E-state index in [9.17, 15) is 4.79 Å². The summed E-state index contributed by atoms with van der Waals surface area (Å²) in [5.41, 5.74) is 6.06. The van der Waals surface area contributed by atoms with Crippen LogP contribution in [0.5, 0.6) is 0 Å². The number of nitrogens with two attached hydrogens (primary N) is 1. The SMILES string of the molecule is CC[C@H](C)[C@H](N)C(=O)NC(c1cccs1)C1CCCC1. The Labute approximate surface area is 125 Å². The third kappa shape index (κ3) is 3.61. The smallest absolute Gasteiger partial charge is 0.237 e. The molecule has 0 radical (unpaired) electrons. The number of nitrogens with one attached hydrogen (secondary N) is 1. The van der Waals surface area contributed by atoms with Crippen molar-refractivity contribution in [3.05, 3.63) is 22.4 Å². The number of hydrogen-bond acceptors (Lipinski definition) is 3. The van der Waals surface area contributed by atoms with Crippen molar-refractivity contribution in [1.82, 2.24) is 5.32 Å². The van der Waals surface area contributed by atoms with Crippen LogP contribution in [0.2, 0.25) is 0 Å². The highest BCUT2D eigenvalue weighted by atomic mass is 32.1. The van der Waals surface area contributed by atoms with Crippen LogP contribution in [0.15, 0.2) is 17.5 Å². The predicted octanol–water partition coefficient (Wildman–Crippen LogP) is 3.47. The van der Waals surface area contributed by atoms with Crippen molar-refractivity contribution in [1.29, 1.82) is 0 Å². The Hall–Kier alpha value is -0.870. The molecule has 3 N–H and O–H groups in total. The van der Waals surface area contributed by atoms with Crippen molar-refractivity contribution in [2.45, 2.75) is 58.0 Å². The Balaban J connectivity index is 2.06. The Morgan fingerprint density at radius 3 is 2.75 bits per heavy atom. The monoisotopic (exact) mass is 294 g/mol. The molecule has 0 spiro atoms. The van der Waals surface area contributed by atoms with E-state index in [4.69, 9.17) is 5.73 Å². The van der Waals surface area contributed by atoms with Gasteiger partial charge >= 0.3 is 0 Å². The zero-order valence-corrected chi connectivity index (χ0v) is 13.3. The van der Waals surface area contributed by atoms with Gasteiger partial charge in [-0.05, 0) is 36.1 Å². The van der Waals surface area contributed by atoms with Crippen LogP contribution in [0.25, 0.3) is 0 Å². The lowest BCUT2D eigenvalue weighted by atomic mass is 9.94. The zero-order valence-electron chi connectivity index (χ0n) is 12.5. The topological polar surface area (TPSA) is 55.1 Å². The minimum Gasteiger partial charge on any atom is -0.347 e. The molecule has 1 aromatic heterocycles. The van der Waals surface area contributed by atoms with Gasteiger partial charge in [-0.2, -0.15) is 0 Å². The van der Waals surface area contributed by atoms with Gasteiger partial charge in [-0.15, -0.1) is 11.3 Å². The molecule has 4 heteroatoms. The normalized spacial score (nSPS) is 20.6. The lowest BCUT2D eigenvalue weighted by Crippen LogP contribution is -2.46. The minimum absolute atomic E-state index is 0.00431. The Morgan fingerprint density at radius 1 is 1.50 bits per heavy atom. The van der Waals surface area contributed by atoms with Crippen LogP contribution in [0.4, 0.5) is 0 Å². The fourth-order valence-electron chi connectivity index (χ4n) is 2.94. The van der Waals surface area contributed by atoms with Gasteiger partial charge in [0.1, 0.15) is 0 Å². The number of thiophene rings is 1. The van der Waals surface area contributed by atoms with Crippen molar-refractivity contribution in [2.24, 2.45) is 17.6 Å². The molecule has 20 heavy (non-hydrogen) atoms. The second-order valence-corrected chi connectivity index (χ2v) is 6.94. The Bertz CT molecular complexity index is 412. The quantitative estimate of drug-likeness (QED) is 0.844. The van der Waals surface area contributed by atoms with Crippen LogP contribution >= 0.6 is 11.3 Å². The van der Waals surface area contributed by atoms with Crippen LogP contribution in [-0.4, -0.2) is 11.9 Å². The highest BCUT2D eigenvalue weighted by Gasteiger charge is 2.30. The first-order chi connectivity index (χ1) is 9.63. The first-order valence-electron chi connectivity index (χ1n) is 7.72. The molecule has 0 aromatic carbocycles. The van der Waals surface area contributed by atoms with Crippen LogP contribution in [-0.2, 0) is 4.79 Å². The maximum absolute atomic E-state index is 12.4. The summed E-state index contributed by atoms with van der Waals surface area (Å²) in [6.07, 6.45) is 5.91. The van der Waals surface area contributed by atoms with Crippen molar-refractivity contribution < 1.29 is 4.79 Å². The number of carbonyl (C=O) groups is 1. The highest BCUT2D eigenvalue weighted by Crippen LogP contribution is 2.37. The van der Waals surface area contributed by atoms with Gasteiger partial charge in [0.25, 0.3) is 0 Å². The minimum atomic E-state index is -0.399.